The summed E-state index contributed by atoms with van der Waals surface area (Å²) >= 11 is 24.0. The third-order valence-electron chi connectivity index (χ3n) is 4.50. The highest BCUT2D eigenvalue weighted by Gasteiger charge is 2.31. The van der Waals surface area contributed by atoms with Gasteiger partial charge < -0.3 is 9.64 Å². The molecular weight excluding hydrogens is 482 g/mol. The summed E-state index contributed by atoms with van der Waals surface area (Å²) < 4.78 is 32.1. The Labute approximate surface area is 188 Å². The smallest absolute Gasteiger partial charge is 0.254 e. The summed E-state index contributed by atoms with van der Waals surface area (Å²) in [4.78, 5) is 14.4. The number of carbonyl (C=O) groups excluding carboxylic acids is 1. The monoisotopic (exact) mass is 496 g/mol. The fraction of sp³-hybridized carbons (Fsp3) is 0.278. The van der Waals surface area contributed by atoms with E-state index in [0.29, 0.717) is 11.3 Å². The summed E-state index contributed by atoms with van der Waals surface area (Å²) in [5.41, 5.74) is 0.307. The van der Waals surface area contributed by atoms with E-state index in [2.05, 4.69) is 0 Å². The van der Waals surface area contributed by atoms with E-state index < -0.39 is 10.0 Å². The van der Waals surface area contributed by atoms with Gasteiger partial charge in [0.2, 0.25) is 10.0 Å². The van der Waals surface area contributed by atoms with Crippen LogP contribution in [0.15, 0.2) is 35.2 Å². The number of hydrogen-bond donors (Lipinski definition) is 0. The number of methoxy groups -OCH3 is 1. The molecule has 0 spiro atoms. The van der Waals surface area contributed by atoms with Crippen LogP contribution >= 0.6 is 46.4 Å². The van der Waals surface area contributed by atoms with E-state index in [1.54, 1.807) is 4.90 Å². The maximum Gasteiger partial charge on any atom is 0.254 e. The molecule has 3 rings (SSSR count). The van der Waals surface area contributed by atoms with E-state index in [4.69, 9.17) is 51.1 Å². The van der Waals surface area contributed by atoms with Crippen molar-refractivity contribution in [1.29, 1.82) is 0 Å². The molecule has 1 amide bonds. The minimum atomic E-state index is -3.74. The van der Waals surface area contributed by atoms with Crippen LogP contribution in [0.4, 0.5) is 0 Å². The lowest BCUT2D eigenvalue weighted by molar-refractivity contribution is 0.0698. The normalized spacial score (nSPS) is 15.4. The highest BCUT2D eigenvalue weighted by atomic mass is 35.5. The number of benzene rings is 2. The molecule has 0 aromatic heterocycles. The van der Waals surface area contributed by atoms with Gasteiger partial charge in [0.1, 0.15) is 0 Å². The molecule has 0 saturated carbocycles. The van der Waals surface area contributed by atoms with Crippen LogP contribution in [0.2, 0.25) is 20.1 Å². The summed E-state index contributed by atoms with van der Waals surface area (Å²) in [7, 11) is -2.31. The minimum absolute atomic E-state index is 0.0559. The van der Waals surface area contributed by atoms with E-state index in [9.17, 15) is 13.2 Å². The first-order chi connectivity index (χ1) is 13.6. The Hall–Kier alpha value is -1.22. The molecule has 0 bridgehead atoms. The first kappa shape index (κ1) is 22.5. The van der Waals surface area contributed by atoms with Gasteiger partial charge in [0.25, 0.3) is 5.91 Å². The number of rotatable bonds is 4. The van der Waals surface area contributed by atoms with Crippen LogP contribution in [0.1, 0.15) is 10.4 Å². The molecule has 1 heterocycles. The van der Waals surface area contributed by atoms with Crippen LogP contribution in [0.25, 0.3) is 0 Å². The first-order valence-corrected chi connectivity index (χ1v) is 11.4. The highest BCUT2D eigenvalue weighted by Crippen LogP contribution is 2.34. The molecule has 1 aliphatic heterocycles. The van der Waals surface area contributed by atoms with Gasteiger partial charge in [0, 0.05) is 31.7 Å². The van der Waals surface area contributed by atoms with Gasteiger partial charge in [-0.25, -0.2) is 8.42 Å². The van der Waals surface area contributed by atoms with E-state index in [-0.39, 0.29) is 57.1 Å². The second-order valence-corrected chi connectivity index (χ2v) is 9.81. The number of ether oxygens (including phenoxy) is 1. The Balaban J connectivity index is 1.73. The summed E-state index contributed by atoms with van der Waals surface area (Å²) in [6.07, 6.45) is 0. The lowest BCUT2D eigenvalue weighted by Gasteiger charge is -2.34. The van der Waals surface area contributed by atoms with Crippen molar-refractivity contribution in [2.45, 2.75) is 4.90 Å². The first-order valence-electron chi connectivity index (χ1n) is 8.42. The summed E-state index contributed by atoms with van der Waals surface area (Å²) in [5, 5.41) is 0.890. The van der Waals surface area contributed by atoms with Crippen LogP contribution < -0.4 is 4.74 Å². The third kappa shape index (κ3) is 4.60. The van der Waals surface area contributed by atoms with Crippen LogP contribution in [0.5, 0.6) is 5.75 Å². The second kappa shape index (κ2) is 8.88. The number of halogens is 4. The van der Waals surface area contributed by atoms with Gasteiger partial charge in [-0.05, 0) is 30.3 Å². The molecule has 6 nitrogen and oxygen atoms in total. The van der Waals surface area contributed by atoms with Gasteiger partial charge in [-0.2, -0.15) is 4.31 Å². The molecule has 0 N–H and O–H groups in total. The van der Waals surface area contributed by atoms with Gasteiger partial charge in [-0.15, -0.1) is 0 Å². The Morgan fingerprint density at radius 3 is 2.00 bits per heavy atom. The summed E-state index contributed by atoms with van der Waals surface area (Å²) in [6, 6.07) is 7.12. The van der Waals surface area contributed by atoms with Gasteiger partial charge in [-0.3, -0.25) is 4.79 Å². The van der Waals surface area contributed by atoms with Crippen molar-refractivity contribution in [3.8, 4) is 5.75 Å². The maximum atomic E-state index is 12.8. The van der Waals surface area contributed by atoms with Gasteiger partial charge in [0.05, 0.1) is 32.1 Å². The van der Waals surface area contributed by atoms with E-state index in [1.165, 1.54) is 41.7 Å². The fourth-order valence-corrected chi connectivity index (χ4v) is 5.43. The second-order valence-electron chi connectivity index (χ2n) is 6.25. The van der Waals surface area contributed by atoms with Crippen molar-refractivity contribution in [1.82, 2.24) is 9.21 Å². The van der Waals surface area contributed by atoms with E-state index in [1.807, 2.05) is 0 Å². The van der Waals surface area contributed by atoms with Gasteiger partial charge in [-0.1, -0.05) is 46.4 Å². The van der Waals surface area contributed by atoms with Crippen LogP contribution in [0, 0.1) is 0 Å². The Kier molecular flexibility index (Phi) is 6.88. The van der Waals surface area contributed by atoms with Crippen molar-refractivity contribution in [3.05, 3.63) is 56.0 Å². The number of amides is 1. The minimum Gasteiger partial charge on any atom is -0.494 e. The fourth-order valence-electron chi connectivity index (χ4n) is 2.98. The van der Waals surface area contributed by atoms with Crippen molar-refractivity contribution in [3.63, 3.8) is 0 Å². The molecule has 1 fully saturated rings. The van der Waals surface area contributed by atoms with Crippen LogP contribution in [-0.4, -0.2) is 56.8 Å². The van der Waals surface area contributed by atoms with E-state index >= 15 is 0 Å². The molecule has 0 aliphatic carbocycles. The van der Waals surface area contributed by atoms with Crippen molar-refractivity contribution >= 4 is 62.3 Å². The lowest BCUT2D eigenvalue weighted by Crippen LogP contribution is -2.50. The van der Waals surface area contributed by atoms with Gasteiger partial charge in [0.15, 0.2) is 5.75 Å². The molecule has 0 unspecified atom stereocenters. The Morgan fingerprint density at radius 1 is 0.897 bits per heavy atom. The van der Waals surface area contributed by atoms with Crippen molar-refractivity contribution in [2.75, 3.05) is 33.3 Å². The molecule has 29 heavy (non-hydrogen) atoms. The topological polar surface area (TPSA) is 66.9 Å². The SMILES string of the molecule is COc1c(Cl)cc(C(=O)N2CCN(S(=O)(=O)c3ccc(Cl)c(Cl)c3)CC2)cc1Cl. The average molecular weight is 498 g/mol. The molecule has 2 aromatic rings. The molecule has 1 saturated heterocycles. The van der Waals surface area contributed by atoms with Gasteiger partial charge >= 0.3 is 0 Å². The Morgan fingerprint density at radius 2 is 1.48 bits per heavy atom. The quantitative estimate of drug-likeness (QED) is 0.625. The Bertz CT molecular complexity index is 1030. The summed E-state index contributed by atoms with van der Waals surface area (Å²) in [6.45, 7) is 0.735. The van der Waals surface area contributed by atoms with Crippen LogP contribution in [-0.2, 0) is 10.0 Å². The molecule has 156 valence electrons. The van der Waals surface area contributed by atoms with E-state index in [0.717, 1.165) is 0 Å². The molecule has 0 radical (unpaired) electrons. The van der Waals surface area contributed by atoms with Crippen molar-refractivity contribution in [2.24, 2.45) is 0 Å². The zero-order valence-electron chi connectivity index (χ0n) is 15.2. The predicted molar refractivity (Wildman–Crippen MR) is 114 cm³/mol. The molecule has 0 atom stereocenters. The lowest BCUT2D eigenvalue weighted by atomic mass is 10.1. The van der Waals surface area contributed by atoms with Crippen molar-refractivity contribution < 1.29 is 17.9 Å². The number of sulfonamides is 1. The maximum absolute atomic E-state index is 12.8. The molecule has 11 heteroatoms. The molecule has 1 aliphatic rings. The number of nitrogens with zero attached hydrogens (tertiary/aromatic N) is 2. The number of hydrogen-bond acceptors (Lipinski definition) is 4. The third-order valence-corrected chi connectivity index (χ3v) is 7.70. The molecular formula is C18H16Cl4N2O4S. The zero-order chi connectivity index (χ0) is 21.3. The largest absolute Gasteiger partial charge is 0.494 e. The highest BCUT2D eigenvalue weighted by molar-refractivity contribution is 7.89. The number of carbonyl (C=O) groups is 1. The molecule has 2 aromatic carbocycles. The predicted octanol–water partition coefficient (Wildman–Crippen LogP) is 4.46. The van der Waals surface area contributed by atoms with Crippen LogP contribution in [0.3, 0.4) is 0 Å². The standard InChI is InChI=1S/C18H16Cl4N2O4S/c1-28-17-15(21)8-11(9-16(17)22)18(25)23-4-6-24(7-5-23)29(26,27)12-2-3-13(19)14(20)10-12/h2-3,8-10H,4-7H2,1H3. The zero-order valence-corrected chi connectivity index (χ0v) is 19.0. The summed E-state index contributed by atoms with van der Waals surface area (Å²) in [5.74, 6) is 0.00506. The number of piperazine rings is 1. The average Bonchev–Trinajstić information content (AvgIpc) is 2.69.